The quantitative estimate of drug-likeness (QED) is 0.321. The molecule has 164 valence electrons. The first kappa shape index (κ1) is 24.0. The lowest BCUT2D eigenvalue weighted by Crippen LogP contribution is -2.45. The second-order valence-corrected chi connectivity index (χ2v) is 7.45. The maximum absolute atomic E-state index is 12.6. The first-order valence-corrected chi connectivity index (χ1v) is 10.0. The topological polar surface area (TPSA) is 48.9 Å². The van der Waals surface area contributed by atoms with Gasteiger partial charge < -0.3 is 15.4 Å². The Hall–Kier alpha value is -1.23. The number of likely N-dealkylation sites (tertiary alicyclic amines) is 1. The summed E-state index contributed by atoms with van der Waals surface area (Å²) in [6.07, 6.45) is 0.219. The molecule has 1 aromatic carbocycles. The number of hydrogen-bond acceptors (Lipinski definition) is 3. The van der Waals surface area contributed by atoms with Gasteiger partial charge in [0.2, 0.25) is 0 Å². The summed E-state index contributed by atoms with van der Waals surface area (Å²) in [4.78, 5) is 6.07. The number of halogens is 4. The predicted octanol–water partition coefficient (Wildman–Crippen LogP) is 3.93. The molecule has 9 heteroatoms. The summed E-state index contributed by atoms with van der Waals surface area (Å²) in [5.74, 6) is 1.49. The molecular formula is C20H30F3IN4O. The Kier molecular flexibility index (Phi) is 9.32. The minimum Gasteiger partial charge on any atom is -0.490 e. The van der Waals surface area contributed by atoms with Gasteiger partial charge in [-0.2, -0.15) is 13.2 Å². The largest absolute Gasteiger partial charge is 0.490 e. The Balaban J connectivity index is 0.00000300. The van der Waals surface area contributed by atoms with Gasteiger partial charge in [0.05, 0.1) is 19.2 Å². The molecule has 29 heavy (non-hydrogen) atoms. The van der Waals surface area contributed by atoms with Crippen LogP contribution >= 0.6 is 24.0 Å². The zero-order chi connectivity index (χ0) is 20.0. The van der Waals surface area contributed by atoms with Crippen LogP contribution < -0.4 is 15.4 Å². The molecule has 0 spiro atoms. The van der Waals surface area contributed by atoms with Gasteiger partial charge in [0.15, 0.2) is 5.96 Å². The highest BCUT2D eigenvalue weighted by Crippen LogP contribution is 2.28. The van der Waals surface area contributed by atoms with Crippen molar-refractivity contribution in [3.8, 4) is 5.75 Å². The number of hydrogen-bond donors (Lipinski definition) is 2. The molecule has 1 aliphatic carbocycles. The van der Waals surface area contributed by atoms with Crippen molar-refractivity contribution in [3.05, 3.63) is 29.8 Å². The normalized spacial score (nSPS) is 20.7. The summed E-state index contributed by atoms with van der Waals surface area (Å²) in [7, 11) is 0. The van der Waals surface area contributed by atoms with Crippen molar-refractivity contribution in [2.24, 2.45) is 4.99 Å². The summed E-state index contributed by atoms with van der Waals surface area (Å²) in [6, 6.07) is 7.85. The second-order valence-electron chi connectivity index (χ2n) is 7.45. The molecule has 1 heterocycles. The summed E-state index contributed by atoms with van der Waals surface area (Å²) < 4.78 is 43.8. The number of nitrogens with zero attached hydrogens (tertiary/aromatic N) is 2. The first-order valence-electron chi connectivity index (χ1n) is 10.0. The highest BCUT2D eigenvalue weighted by atomic mass is 127. The lowest BCUT2D eigenvalue weighted by atomic mass is 9.96. The number of nitrogens with one attached hydrogen (secondary N) is 2. The van der Waals surface area contributed by atoms with Crippen molar-refractivity contribution < 1.29 is 17.9 Å². The maximum Gasteiger partial charge on any atom is 0.401 e. The molecule has 5 nitrogen and oxygen atoms in total. The molecule has 1 aliphatic heterocycles. The molecule has 2 N–H and O–H groups in total. The van der Waals surface area contributed by atoms with Crippen molar-refractivity contribution in [2.45, 2.75) is 57.5 Å². The van der Waals surface area contributed by atoms with E-state index in [1.54, 1.807) is 0 Å². The third kappa shape index (κ3) is 7.84. The fourth-order valence-electron chi connectivity index (χ4n) is 3.44. The van der Waals surface area contributed by atoms with E-state index in [0.717, 1.165) is 24.2 Å². The number of alkyl halides is 3. The van der Waals surface area contributed by atoms with Gasteiger partial charge in [0.1, 0.15) is 5.75 Å². The molecule has 0 bridgehead atoms. The van der Waals surface area contributed by atoms with Crippen LogP contribution in [0.25, 0.3) is 0 Å². The molecule has 1 saturated carbocycles. The van der Waals surface area contributed by atoms with E-state index in [9.17, 15) is 13.2 Å². The lowest BCUT2D eigenvalue weighted by Gasteiger charge is -2.27. The Morgan fingerprint density at radius 1 is 1.24 bits per heavy atom. The third-order valence-electron chi connectivity index (χ3n) is 5.09. The average Bonchev–Trinajstić information content (AvgIpc) is 3.02. The second kappa shape index (κ2) is 11.2. The molecule has 2 fully saturated rings. The smallest absolute Gasteiger partial charge is 0.401 e. The van der Waals surface area contributed by atoms with E-state index >= 15 is 0 Å². The molecule has 0 aromatic heterocycles. The fourth-order valence-corrected chi connectivity index (χ4v) is 3.44. The summed E-state index contributed by atoms with van der Waals surface area (Å²) in [6.45, 7) is 3.06. The minimum absolute atomic E-state index is 0. The summed E-state index contributed by atoms with van der Waals surface area (Å²) >= 11 is 0. The molecule has 1 saturated heterocycles. The number of aliphatic imine (C=N–C) groups is 1. The molecule has 0 amide bonds. The first-order chi connectivity index (χ1) is 13.4. The highest BCUT2D eigenvalue weighted by molar-refractivity contribution is 14.0. The highest BCUT2D eigenvalue weighted by Gasteiger charge is 2.34. The third-order valence-corrected chi connectivity index (χ3v) is 5.09. The summed E-state index contributed by atoms with van der Waals surface area (Å²) in [5, 5.41) is 6.46. The number of ether oxygens (including phenoxy) is 1. The zero-order valence-electron chi connectivity index (χ0n) is 16.7. The van der Waals surface area contributed by atoms with Crippen LogP contribution in [0.15, 0.2) is 29.3 Å². The van der Waals surface area contributed by atoms with Gasteiger partial charge in [0.25, 0.3) is 0 Å². The van der Waals surface area contributed by atoms with E-state index in [1.807, 2.05) is 31.2 Å². The van der Waals surface area contributed by atoms with Gasteiger partial charge in [-0.25, -0.2) is 4.99 Å². The molecule has 1 atom stereocenters. The van der Waals surface area contributed by atoms with Crippen LogP contribution in [0.4, 0.5) is 13.2 Å². The fraction of sp³-hybridized carbons (Fsp3) is 0.650. The van der Waals surface area contributed by atoms with Crippen LogP contribution in [0.3, 0.4) is 0 Å². The van der Waals surface area contributed by atoms with E-state index in [2.05, 4.69) is 15.6 Å². The predicted molar refractivity (Wildman–Crippen MR) is 119 cm³/mol. The Morgan fingerprint density at radius 2 is 2.00 bits per heavy atom. The Labute approximate surface area is 187 Å². The van der Waals surface area contributed by atoms with Crippen LogP contribution in [0, 0.1) is 0 Å². The van der Waals surface area contributed by atoms with Crippen LogP contribution in [0.2, 0.25) is 0 Å². The monoisotopic (exact) mass is 526 g/mol. The van der Waals surface area contributed by atoms with E-state index in [4.69, 9.17) is 4.74 Å². The molecule has 2 aliphatic rings. The van der Waals surface area contributed by atoms with Gasteiger partial charge >= 0.3 is 6.18 Å². The SMILES string of the molecule is CCNC(=NCc1ccccc1OC1CCC1)NC1CCN(CC(F)(F)F)C1.I. The molecule has 1 aromatic rings. The average molecular weight is 526 g/mol. The van der Waals surface area contributed by atoms with Crippen LogP contribution in [0.5, 0.6) is 5.75 Å². The van der Waals surface area contributed by atoms with Crippen LogP contribution in [-0.4, -0.2) is 55.4 Å². The van der Waals surface area contributed by atoms with Gasteiger partial charge in [0, 0.05) is 31.2 Å². The maximum atomic E-state index is 12.6. The van der Waals surface area contributed by atoms with E-state index in [1.165, 1.54) is 11.3 Å². The van der Waals surface area contributed by atoms with Crippen LogP contribution in [0.1, 0.15) is 38.2 Å². The number of benzene rings is 1. The van der Waals surface area contributed by atoms with E-state index in [-0.39, 0.29) is 30.0 Å². The molecule has 3 rings (SSSR count). The number of guanidine groups is 1. The van der Waals surface area contributed by atoms with Crippen molar-refractivity contribution >= 4 is 29.9 Å². The number of para-hydroxylation sites is 1. The van der Waals surface area contributed by atoms with Crippen molar-refractivity contribution in [2.75, 3.05) is 26.2 Å². The van der Waals surface area contributed by atoms with E-state index in [0.29, 0.717) is 44.7 Å². The standard InChI is InChI=1S/C20H29F3N4O.HI/c1-2-24-19(26-16-10-11-27(13-16)14-20(21,22)23)25-12-15-6-3-4-9-18(15)28-17-7-5-8-17;/h3-4,6,9,16-17H,2,5,7-8,10-14H2,1H3,(H2,24,25,26);1H. The lowest BCUT2D eigenvalue weighted by molar-refractivity contribution is -0.143. The van der Waals surface area contributed by atoms with Gasteiger partial charge in [-0.1, -0.05) is 18.2 Å². The Bertz CT molecular complexity index is 667. The van der Waals surface area contributed by atoms with Crippen molar-refractivity contribution in [1.82, 2.24) is 15.5 Å². The Morgan fingerprint density at radius 3 is 2.66 bits per heavy atom. The van der Waals surface area contributed by atoms with Crippen molar-refractivity contribution in [3.63, 3.8) is 0 Å². The van der Waals surface area contributed by atoms with Gasteiger partial charge in [-0.05, 0) is 38.7 Å². The molecular weight excluding hydrogens is 496 g/mol. The molecule has 0 radical (unpaired) electrons. The zero-order valence-corrected chi connectivity index (χ0v) is 19.0. The van der Waals surface area contributed by atoms with Crippen molar-refractivity contribution in [1.29, 1.82) is 0 Å². The summed E-state index contributed by atoms with van der Waals surface area (Å²) in [5.41, 5.74) is 1.01. The molecule has 1 unspecified atom stereocenters. The van der Waals surface area contributed by atoms with Gasteiger partial charge in [-0.3, -0.25) is 4.90 Å². The number of rotatable bonds is 7. The van der Waals surface area contributed by atoms with Crippen LogP contribution in [-0.2, 0) is 6.54 Å². The van der Waals surface area contributed by atoms with Gasteiger partial charge in [-0.15, -0.1) is 24.0 Å². The van der Waals surface area contributed by atoms with E-state index < -0.39 is 12.7 Å². The minimum atomic E-state index is -4.16.